The number of unbranched alkanes of at least 4 members (excludes halogenated alkanes) is 45. The zero-order valence-electron chi connectivity index (χ0n) is 44.1. The number of ether oxygens (including phenoxy) is 3. The summed E-state index contributed by atoms with van der Waals surface area (Å²) in [6.07, 6.45) is 64.1. The summed E-state index contributed by atoms with van der Waals surface area (Å²) >= 11 is 0. The van der Waals surface area contributed by atoms with Gasteiger partial charge in [0.1, 0.15) is 6.61 Å². The number of carbonyl (C=O) groups excluding carboxylic acids is 2. The van der Waals surface area contributed by atoms with Crippen LogP contribution in [0.5, 0.6) is 0 Å². The van der Waals surface area contributed by atoms with Crippen LogP contribution in [-0.2, 0) is 23.8 Å². The van der Waals surface area contributed by atoms with Gasteiger partial charge in [-0.1, -0.05) is 310 Å². The number of carbonyl (C=O) groups is 2. The van der Waals surface area contributed by atoms with E-state index in [0.717, 1.165) is 32.1 Å². The van der Waals surface area contributed by atoms with Crippen LogP contribution >= 0.6 is 0 Å². The Labute approximate surface area is 402 Å². The van der Waals surface area contributed by atoms with Gasteiger partial charge in [-0.15, -0.1) is 0 Å². The van der Waals surface area contributed by atoms with Gasteiger partial charge in [0, 0.05) is 19.4 Å². The summed E-state index contributed by atoms with van der Waals surface area (Å²) in [4.78, 5) is 25.5. The zero-order valence-corrected chi connectivity index (χ0v) is 44.1. The molecule has 0 aliphatic heterocycles. The highest BCUT2D eigenvalue weighted by Crippen LogP contribution is 2.18. The molecule has 0 bridgehead atoms. The fourth-order valence-corrected chi connectivity index (χ4v) is 9.22. The minimum Gasteiger partial charge on any atom is -0.462 e. The van der Waals surface area contributed by atoms with E-state index in [9.17, 15) is 9.59 Å². The van der Waals surface area contributed by atoms with E-state index in [1.807, 2.05) is 0 Å². The smallest absolute Gasteiger partial charge is 0.306 e. The molecule has 382 valence electrons. The van der Waals surface area contributed by atoms with Crippen molar-refractivity contribution in [2.45, 2.75) is 348 Å². The van der Waals surface area contributed by atoms with Crippen LogP contribution in [0.25, 0.3) is 0 Å². The van der Waals surface area contributed by atoms with E-state index < -0.39 is 6.10 Å². The van der Waals surface area contributed by atoms with Crippen molar-refractivity contribution in [3.05, 3.63) is 0 Å². The molecule has 0 aliphatic carbocycles. The van der Waals surface area contributed by atoms with Gasteiger partial charge in [-0.25, -0.2) is 0 Å². The number of hydrogen-bond donors (Lipinski definition) is 0. The lowest BCUT2D eigenvalue weighted by molar-refractivity contribution is -0.163. The second-order valence-corrected chi connectivity index (χ2v) is 20.3. The third-order valence-electron chi connectivity index (χ3n) is 13.6. The van der Waals surface area contributed by atoms with E-state index in [2.05, 4.69) is 20.8 Å². The predicted octanol–water partition coefficient (Wildman–Crippen LogP) is 20.0. The van der Waals surface area contributed by atoms with Crippen LogP contribution in [0.15, 0.2) is 0 Å². The SMILES string of the molecule is CCCCCCCCCCCCCCCCCCCC(=O)OC[C@@H](COCCCCCCCCCCCCCCCCCC)OC(=O)CCCCCCCCCCCCCCCCC. The Bertz CT molecular complexity index is 891. The van der Waals surface area contributed by atoms with Crippen LogP contribution in [0.1, 0.15) is 342 Å². The third kappa shape index (κ3) is 53.5. The summed E-state index contributed by atoms with van der Waals surface area (Å²) in [7, 11) is 0. The molecule has 0 fully saturated rings. The maximum absolute atomic E-state index is 12.9. The lowest BCUT2D eigenvalue weighted by atomic mass is 10.0. The van der Waals surface area contributed by atoms with Crippen molar-refractivity contribution < 1.29 is 23.8 Å². The topological polar surface area (TPSA) is 61.8 Å². The highest BCUT2D eigenvalue weighted by atomic mass is 16.6. The largest absolute Gasteiger partial charge is 0.462 e. The van der Waals surface area contributed by atoms with Crippen molar-refractivity contribution in [1.82, 2.24) is 0 Å². The van der Waals surface area contributed by atoms with Gasteiger partial charge in [-0.2, -0.15) is 0 Å². The van der Waals surface area contributed by atoms with Gasteiger partial charge in [-0.05, 0) is 19.3 Å². The second-order valence-electron chi connectivity index (χ2n) is 20.3. The van der Waals surface area contributed by atoms with Gasteiger partial charge in [0.15, 0.2) is 6.10 Å². The molecule has 0 aliphatic rings. The molecule has 0 radical (unpaired) electrons. The molecular formula is C59H116O5. The summed E-state index contributed by atoms with van der Waals surface area (Å²) in [6.45, 7) is 7.93. The van der Waals surface area contributed by atoms with Gasteiger partial charge in [-0.3, -0.25) is 9.59 Å². The number of esters is 2. The lowest BCUT2D eigenvalue weighted by Crippen LogP contribution is -2.30. The Morgan fingerprint density at radius 1 is 0.281 bits per heavy atom. The van der Waals surface area contributed by atoms with Gasteiger partial charge in [0.25, 0.3) is 0 Å². The average molecular weight is 906 g/mol. The molecule has 0 saturated heterocycles. The highest BCUT2D eigenvalue weighted by molar-refractivity contribution is 5.70. The van der Waals surface area contributed by atoms with E-state index in [1.54, 1.807) is 0 Å². The van der Waals surface area contributed by atoms with Crippen LogP contribution in [0.4, 0.5) is 0 Å². The Balaban J connectivity index is 4.18. The molecule has 5 nitrogen and oxygen atoms in total. The Kier molecular flexibility index (Phi) is 55.3. The number of hydrogen-bond acceptors (Lipinski definition) is 5. The van der Waals surface area contributed by atoms with Crippen LogP contribution in [0.3, 0.4) is 0 Å². The lowest BCUT2D eigenvalue weighted by Gasteiger charge is -2.18. The first-order chi connectivity index (χ1) is 31.6. The molecule has 0 unspecified atom stereocenters. The van der Waals surface area contributed by atoms with Crippen LogP contribution < -0.4 is 0 Å². The normalized spacial score (nSPS) is 12.0. The summed E-state index contributed by atoms with van der Waals surface area (Å²) in [5, 5.41) is 0. The Morgan fingerprint density at radius 2 is 0.516 bits per heavy atom. The molecule has 0 rings (SSSR count). The summed E-state index contributed by atoms with van der Waals surface area (Å²) in [5.74, 6) is -0.364. The fraction of sp³-hybridized carbons (Fsp3) is 0.966. The minimum atomic E-state index is -0.524. The summed E-state index contributed by atoms with van der Waals surface area (Å²) in [6, 6.07) is 0. The van der Waals surface area contributed by atoms with E-state index in [0.29, 0.717) is 26.1 Å². The van der Waals surface area contributed by atoms with E-state index in [-0.39, 0.29) is 18.5 Å². The third-order valence-corrected chi connectivity index (χ3v) is 13.6. The molecule has 0 amide bonds. The zero-order chi connectivity index (χ0) is 46.3. The Morgan fingerprint density at radius 3 is 0.797 bits per heavy atom. The summed E-state index contributed by atoms with van der Waals surface area (Å²) in [5.41, 5.74) is 0. The molecule has 64 heavy (non-hydrogen) atoms. The number of rotatable bonds is 56. The molecule has 1 atom stereocenters. The van der Waals surface area contributed by atoms with Crippen molar-refractivity contribution >= 4 is 11.9 Å². The Hall–Kier alpha value is -1.10. The first kappa shape index (κ1) is 62.9. The highest BCUT2D eigenvalue weighted by Gasteiger charge is 2.18. The molecule has 5 heteroatoms. The molecule has 0 aromatic rings. The molecule has 0 spiro atoms. The molecule has 0 heterocycles. The first-order valence-corrected chi connectivity index (χ1v) is 29.6. The average Bonchev–Trinajstić information content (AvgIpc) is 3.30. The van der Waals surface area contributed by atoms with Crippen molar-refractivity contribution in [3.63, 3.8) is 0 Å². The summed E-state index contributed by atoms with van der Waals surface area (Å²) < 4.78 is 17.5. The molecule has 0 saturated carbocycles. The molecular weight excluding hydrogens is 789 g/mol. The van der Waals surface area contributed by atoms with Gasteiger partial charge in [0.2, 0.25) is 0 Å². The minimum absolute atomic E-state index is 0.0986. The van der Waals surface area contributed by atoms with Crippen molar-refractivity contribution in [3.8, 4) is 0 Å². The standard InChI is InChI=1S/C59H116O5/c1-4-7-10-13-16-19-22-25-28-30-32-34-37-40-43-46-49-52-58(60)63-56-57(55-62-54-51-48-45-42-39-36-33-29-26-23-20-17-14-11-8-5-2)64-59(61)53-50-47-44-41-38-35-31-27-24-21-18-15-12-9-6-3/h57H,4-56H2,1-3H3/t57-/m1/s1. The van der Waals surface area contributed by atoms with Gasteiger partial charge < -0.3 is 14.2 Å². The van der Waals surface area contributed by atoms with E-state index >= 15 is 0 Å². The van der Waals surface area contributed by atoms with Crippen LogP contribution in [-0.4, -0.2) is 37.9 Å². The quantitative estimate of drug-likeness (QED) is 0.0449. The fourth-order valence-electron chi connectivity index (χ4n) is 9.22. The van der Waals surface area contributed by atoms with Crippen molar-refractivity contribution in [2.75, 3.05) is 19.8 Å². The molecule has 0 aromatic heterocycles. The van der Waals surface area contributed by atoms with Crippen molar-refractivity contribution in [1.29, 1.82) is 0 Å². The van der Waals surface area contributed by atoms with Gasteiger partial charge in [0.05, 0.1) is 6.61 Å². The molecule has 0 N–H and O–H groups in total. The van der Waals surface area contributed by atoms with Crippen LogP contribution in [0.2, 0.25) is 0 Å². The second kappa shape index (κ2) is 56.2. The van der Waals surface area contributed by atoms with Crippen LogP contribution in [0, 0.1) is 0 Å². The molecule has 0 aromatic carbocycles. The monoisotopic (exact) mass is 905 g/mol. The van der Waals surface area contributed by atoms with E-state index in [4.69, 9.17) is 14.2 Å². The predicted molar refractivity (Wildman–Crippen MR) is 280 cm³/mol. The van der Waals surface area contributed by atoms with E-state index in [1.165, 1.54) is 276 Å². The maximum Gasteiger partial charge on any atom is 0.306 e. The van der Waals surface area contributed by atoms with Crippen molar-refractivity contribution in [2.24, 2.45) is 0 Å². The van der Waals surface area contributed by atoms with Gasteiger partial charge >= 0.3 is 11.9 Å². The maximum atomic E-state index is 12.9. The first-order valence-electron chi connectivity index (χ1n) is 29.6.